The van der Waals surface area contributed by atoms with E-state index in [1.54, 1.807) is 6.07 Å². The van der Waals surface area contributed by atoms with E-state index in [1.165, 1.54) is 25.0 Å². The van der Waals surface area contributed by atoms with Gasteiger partial charge in [0.2, 0.25) is 5.91 Å². The molecule has 1 aliphatic carbocycles. The number of hydrogen-bond donors (Lipinski definition) is 1. The smallest absolute Gasteiger partial charge is 0.238 e. The highest BCUT2D eigenvalue weighted by Gasteiger charge is 2.37. The van der Waals surface area contributed by atoms with Crippen molar-refractivity contribution in [1.29, 1.82) is 0 Å². The highest BCUT2D eigenvalue weighted by Crippen LogP contribution is 2.36. The summed E-state index contributed by atoms with van der Waals surface area (Å²) in [5.41, 5.74) is 0.827. The topological polar surface area (TPSA) is 32.3 Å². The van der Waals surface area contributed by atoms with E-state index < -0.39 is 0 Å². The van der Waals surface area contributed by atoms with E-state index in [4.69, 9.17) is 0 Å². The fraction of sp³-hybridized carbons (Fsp3) is 0.533. The van der Waals surface area contributed by atoms with E-state index in [1.807, 2.05) is 11.0 Å². The SMILES string of the molecule is CC(CC1CC1)N1C(=O)CNC1c1cccc(F)c1. The molecule has 0 aromatic heterocycles. The molecule has 1 aromatic carbocycles. The van der Waals surface area contributed by atoms with Gasteiger partial charge in [0, 0.05) is 6.04 Å². The largest absolute Gasteiger partial charge is 0.319 e. The molecule has 1 saturated heterocycles. The molecule has 1 aliphatic heterocycles. The Bertz CT molecular complexity index is 487. The Labute approximate surface area is 112 Å². The Morgan fingerprint density at radius 2 is 2.26 bits per heavy atom. The maximum atomic E-state index is 13.3. The first-order valence-corrected chi connectivity index (χ1v) is 6.95. The normalized spacial score (nSPS) is 24.8. The van der Waals surface area contributed by atoms with E-state index in [-0.39, 0.29) is 23.9 Å². The zero-order valence-electron chi connectivity index (χ0n) is 11.1. The van der Waals surface area contributed by atoms with E-state index in [2.05, 4.69) is 12.2 Å². The van der Waals surface area contributed by atoms with E-state index >= 15 is 0 Å². The molecule has 1 saturated carbocycles. The van der Waals surface area contributed by atoms with Gasteiger partial charge in [0.15, 0.2) is 0 Å². The average molecular weight is 262 g/mol. The van der Waals surface area contributed by atoms with E-state index in [0.717, 1.165) is 17.9 Å². The van der Waals surface area contributed by atoms with Gasteiger partial charge in [0.05, 0.1) is 6.54 Å². The van der Waals surface area contributed by atoms with Crippen molar-refractivity contribution in [2.45, 2.75) is 38.4 Å². The summed E-state index contributed by atoms with van der Waals surface area (Å²) in [5, 5.41) is 3.18. The Hall–Kier alpha value is -1.42. The quantitative estimate of drug-likeness (QED) is 0.904. The first kappa shape index (κ1) is 12.6. The van der Waals surface area contributed by atoms with Crippen LogP contribution in [0.15, 0.2) is 24.3 Å². The predicted octanol–water partition coefficient (Wildman–Crippen LogP) is 2.44. The highest BCUT2D eigenvalue weighted by atomic mass is 19.1. The van der Waals surface area contributed by atoms with Crippen molar-refractivity contribution < 1.29 is 9.18 Å². The fourth-order valence-corrected chi connectivity index (χ4v) is 2.92. The molecule has 0 spiro atoms. The minimum atomic E-state index is -0.256. The Morgan fingerprint density at radius 3 is 2.95 bits per heavy atom. The highest BCUT2D eigenvalue weighted by molar-refractivity contribution is 5.81. The van der Waals surface area contributed by atoms with Gasteiger partial charge in [-0.3, -0.25) is 10.1 Å². The second-order valence-electron chi connectivity index (χ2n) is 5.67. The molecular formula is C15H19FN2O. The molecule has 2 aliphatic rings. The molecule has 1 aromatic rings. The van der Waals surface area contributed by atoms with Crippen LogP contribution in [0, 0.1) is 11.7 Å². The summed E-state index contributed by atoms with van der Waals surface area (Å²) >= 11 is 0. The lowest BCUT2D eigenvalue weighted by atomic mass is 10.1. The van der Waals surface area contributed by atoms with Crippen LogP contribution in [-0.4, -0.2) is 23.4 Å². The van der Waals surface area contributed by atoms with Gasteiger partial charge in [-0.2, -0.15) is 0 Å². The molecule has 4 heteroatoms. The van der Waals surface area contributed by atoms with Crippen molar-refractivity contribution in [3.63, 3.8) is 0 Å². The van der Waals surface area contributed by atoms with Crippen molar-refractivity contribution in [3.8, 4) is 0 Å². The van der Waals surface area contributed by atoms with Gasteiger partial charge in [-0.15, -0.1) is 0 Å². The van der Waals surface area contributed by atoms with Crippen LogP contribution in [0.4, 0.5) is 4.39 Å². The van der Waals surface area contributed by atoms with Crippen molar-refractivity contribution in [3.05, 3.63) is 35.6 Å². The van der Waals surface area contributed by atoms with Crippen molar-refractivity contribution >= 4 is 5.91 Å². The molecule has 2 fully saturated rings. The molecule has 19 heavy (non-hydrogen) atoms. The third-order valence-electron chi connectivity index (χ3n) is 4.02. The molecule has 1 N–H and O–H groups in total. The van der Waals surface area contributed by atoms with Crippen LogP contribution in [0.2, 0.25) is 0 Å². The van der Waals surface area contributed by atoms with Gasteiger partial charge in [0.25, 0.3) is 0 Å². The number of carbonyl (C=O) groups is 1. The zero-order chi connectivity index (χ0) is 13.4. The Balaban J connectivity index is 1.80. The maximum absolute atomic E-state index is 13.3. The number of benzene rings is 1. The lowest BCUT2D eigenvalue weighted by molar-refractivity contribution is -0.130. The monoisotopic (exact) mass is 262 g/mol. The third-order valence-corrected chi connectivity index (χ3v) is 4.02. The van der Waals surface area contributed by atoms with Crippen molar-refractivity contribution in [1.82, 2.24) is 10.2 Å². The summed E-state index contributed by atoms with van der Waals surface area (Å²) < 4.78 is 13.3. The summed E-state index contributed by atoms with van der Waals surface area (Å²) in [6.07, 6.45) is 3.44. The van der Waals surface area contributed by atoms with Crippen LogP contribution < -0.4 is 5.32 Å². The number of hydrogen-bond acceptors (Lipinski definition) is 2. The first-order valence-electron chi connectivity index (χ1n) is 6.95. The minimum absolute atomic E-state index is 0.113. The summed E-state index contributed by atoms with van der Waals surface area (Å²) in [7, 11) is 0. The third kappa shape index (κ3) is 2.63. The van der Waals surface area contributed by atoms with Crippen LogP contribution >= 0.6 is 0 Å². The molecule has 0 bridgehead atoms. The summed E-state index contributed by atoms with van der Waals surface area (Å²) in [6.45, 7) is 2.44. The molecule has 3 rings (SSSR count). The molecule has 2 unspecified atom stereocenters. The van der Waals surface area contributed by atoms with E-state index in [0.29, 0.717) is 6.54 Å². The van der Waals surface area contributed by atoms with Gasteiger partial charge < -0.3 is 4.90 Å². The predicted molar refractivity (Wildman–Crippen MR) is 70.8 cm³/mol. The number of halogens is 1. The van der Waals surface area contributed by atoms with Crippen LogP contribution in [0.25, 0.3) is 0 Å². The number of rotatable bonds is 4. The minimum Gasteiger partial charge on any atom is -0.319 e. The molecule has 1 heterocycles. The lowest BCUT2D eigenvalue weighted by Crippen LogP contribution is -2.38. The number of amides is 1. The Morgan fingerprint density at radius 1 is 1.47 bits per heavy atom. The summed E-state index contributed by atoms with van der Waals surface area (Å²) in [4.78, 5) is 13.9. The van der Waals surface area contributed by atoms with Crippen LogP contribution in [-0.2, 0) is 4.79 Å². The number of nitrogens with zero attached hydrogens (tertiary/aromatic N) is 1. The van der Waals surface area contributed by atoms with Crippen LogP contribution in [0.3, 0.4) is 0 Å². The molecule has 102 valence electrons. The lowest BCUT2D eigenvalue weighted by Gasteiger charge is -2.31. The Kier molecular flexibility index (Phi) is 3.27. The molecule has 0 radical (unpaired) electrons. The van der Waals surface area contributed by atoms with Gasteiger partial charge >= 0.3 is 0 Å². The van der Waals surface area contributed by atoms with Crippen LogP contribution in [0.1, 0.15) is 37.9 Å². The van der Waals surface area contributed by atoms with Gasteiger partial charge in [-0.25, -0.2) is 4.39 Å². The molecular weight excluding hydrogens is 243 g/mol. The first-order chi connectivity index (χ1) is 9.15. The van der Waals surface area contributed by atoms with Crippen LogP contribution in [0.5, 0.6) is 0 Å². The van der Waals surface area contributed by atoms with Crippen molar-refractivity contribution in [2.75, 3.05) is 6.54 Å². The second kappa shape index (κ2) is 4.93. The number of nitrogens with one attached hydrogen (secondary N) is 1. The molecule has 1 amide bonds. The summed E-state index contributed by atoms with van der Waals surface area (Å²) in [5.74, 6) is 0.632. The summed E-state index contributed by atoms with van der Waals surface area (Å²) in [6, 6.07) is 6.71. The molecule has 2 atom stereocenters. The molecule has 3 nitrogen and oxygen atoms in total. The zero-order valence-corrected chi connectivity index (χ0v) is 11.1. The van der Waals surface area contributed by atoms with Gasteiger partial charge in [0.1, 0.15) is 12.0 Å². The van der Waals surface area contributed by atoms with Crippen molar-refractivity contribution in [2.24, 2.45) is 5.92 Å². The second-order valence-corrected chi connectivity index (χ2v) is 5.67. The average Bonchev–Trinajstić information content (AvgIpc) is 3.09. The van der Waals surface area contributed by atoms with Gasteiger partial charge in [-0.05, 0) is 37.0 Å². The standard InChI is InChI=1S/C15H19FN2O/c1-10(7-11-5-6-11)18-14(19)9-17-15(18)12-3-2-4-13(16)8-12/h2-4,8,10-11,15,17H,5-7,9H2,1H3. The maximum Gasteiger partial charge on any atom is 0.238 e. The number of carbonyl (C=O) groups excluding carboxylic acids is 1. The fourth-order valence-electron chi connectivity index (χ4n) is 2.92. The van der Waals surface area contributed by atoms with Gasteiger partial charge in [-0.1, -0.05) is 25.0 Å². The van der Waals surface area contributed by atoms with E-state index in [9.17, 15) is 9.18 Å².